The molecule has 1 aliphatic heterocycles. The summed E-state index contributed by atoms with van der Waals surface area (Å²) in [6, 6.07) is 7.68. The Morgan fingerprint density at radius 2 is 2.08 bits per heavy atom. The van der Waals surface area contributed by atoms with Gasteiger partial charge < -0.3 is 14.8 Å². The molecule has 1 aromatic carbocycles. The van der Waals surface area contributed by atoms with Crippen molar-refractivity contribution in [1.29, 1.82) is 0 Å². The van der Waals surface area contributed by atoms with Gasteiger partial charge in [0.2, 0.25) is 5.95 Å². The summed E-state index contributed by atoms with van der Waals surface area (Å²) in [6.07, 6.45) is 3.50. The highest BCUT2D eigenvalue weighted by molar-refractivity contribution is 7.98. The number of fused-ring (bicyclic) bond motifs is 1. The molecule has 1 aromatic heterocycles. The first-order valence-corrected chi connectivity index (χ1v) is 9.05. The highest BCUT2D eigenvalue weighted by atomic mass is 32.2. The first-order valence-electron chi connectivity index (χ1n) is 7.83. The van der Waals surface area contributed by atoms with E-state index in [0.29, 0.717) is 23.8 Å². The predicted molar refractivity (Wildman–Crippen MR) is 95.5 cm³/mol. The Bertz CT molecular complexity index is 785. The number of carbonyl (C=O) groups excluding carboxylic acids is 1. The van der Waals surface area contributed by atoms with Crippen LogP contribution >= 0.6 is 11.8 Å². The van der Waals surface area contributed by atoms with Crippen molar-refractivity contribution in [2.24, 2.45) is 0 Å². The number of rotatable bonds is 6. The molecule has 0 saturated carbocycles. The van der Waals surface area contributed by atoms with Crippen molar-refractivity contribution in [3.63, 3.8) is 0 Å². The molecule has 0 radical (unpaired) electrons. The third kappa shape index (κ3) is 3.54. The third-order valence-electron chi connectivity index (χ3n) is 3.97. The lowest BCUT2D eigenvalue weighted by atomic mass is 9.96. The lowest BCUT2D eigenvalue weighted by Gasteiger charge is -2.28. The molecule has 8 heteroatoms. The molecular formula is C17H20N4O3S. The van der Waals surface area contributed by atoms with Gasteiger partial charge in [0, 0.05) is 17.7 Å². The number of hydrogen-bond donors (Lipinski definition) is 1. The van der Waals surface area contributed by atoms with Crippen LogP contribution in [0.4, 0.5) is 5.95 Å². The molecule has 0 aliphatic carbocycles. The summed E-state index contributed by atoms with van der Waals surface area (Å²) in [6.45, 7) is 2.40. The van der Waals surface area contributed by atoms with E-state index in [1.807, 2.05) is 37.4 Å². The van der Waals surface area contributed by atoms with Gasteiger partial charge in [0.25, 0.3) is 0 Å². The Morgan fingerprint density at radius 3 is 2.76 bits per heavy atom. The summed E-state index contributed by atoms with van der Waals surface area (Å²) in [4.78, 5) is 18.1. The summed E-state index contributed by atoms with van der Waals surface area (Å²) in [7, 11) is 1.57. The largest absolute Gasteiger partial charge is 0.460 e. The van der Waals surface area contributed by atoms with Gasteiger partial charge in [-0.2, -0.15) is 10.1 Å². The van der Waals surface area contributed by atoms with Crippen molar-refractivity contribution in [3.05, 3.63) is 47.4 Å². The van der Waals surface area contributed by atoms with Crippen LogP contribution in [0.3, 0.4) is 0 Å². The summed E-state index contributed by atoms with van der Waals surface area (Å²) in [5.74, 6) is 0.215. The van der Waals surface area contributed by atoms with Crippen molar-refractivity contribution < 1.29 is 14.3 Å². The van der Waals surface area contributed by atoms with Crippen LogP contribution in [0.25, 0.3) is 0 Å². The molecule has 7 nitrogen and oxygen atoms in total. The Kier molecular flexibility index (Phi) is 5.40. The van der Waals surface area contributed by atoms with Crippen molar-refractivity contribution in [3.8, 4) is 0 Å². The standard InChI is InChI=1S/C17H20N4O3S/c1-11-14(16(22)24-9-8-23-2)15(21-17(20-11)18-10-19-21)12-4-6-13(25-3)7-5-12/h4-7,10,15H,8-9H2,1-3H3,(H,18,19,20)/t15-/m0/s1. The molecule has 132 valence electrons. The number of hydrogen-bond acceptors (Lipinski definition) is 7. The number of methoxy groups -OCH3 is 1. The van der Waals surface area contributed by atoms with Gasteiger partial charge in [-0.1, -0.05) is 12.1 Å². The van der Waals surface area contributed by atoms with Crippen LogP contribution in [-0.2, 0) is 14.3 Å². The molecular weight excluding hydrogens is 340 g/mol. The van der Waals surface area contributed by atoms with E-state index in [-0.39, 0.29) is 18.6 Å². The second kappa shape index (κ2) is 7.71. The third-order valence-corrected chi connectivity index (χ3v) is 4.71. The van der Waals surface area contributed by atoms with Crippen LogP contribution in [0.5, 0.6) is 0 Å². The summed E-state index contributed by atoms with van der Waals surface area (Å²) < 4.78 is 12.0. The molecule has 1 aliphatic rings. The minimum absolute atomic E-state index is 0.203. The second-order valence-electron chi connectivity index (χ2n) is 5.50. The number of nitrogens with one attached hydrogen (secondary N) is 1. The fourth-order valence-electron chi connectivity index (χ4n) is 2.75. The quantitative estimate of drug-likeness (QED) is 0.482. The van der Waals surface area contributed by atoms with Crippen LogP contribution in [0.1, 0.15) is 18.5 Å². The molecule has 0 amide bonds. The summed E-state index contributed by atoms with van der Waals surface area (Å²) in [5.41, 5.74) is 2.18. The lowest BCUT2D eigenvalue weighted by Crippen LogP contribution is -2.30. The fraction of sp³-hybridized carbons (Fsp3) is 0.353. The highest BCUT2D eigenvalue weighted by Crippen LogP contribution is 2.35. The number of anilines is 1. The maximum Gasteiger partial charge on any atom is 0.338 e. The molecule has 2 aromatic rings. The van der Waals surface area contributed by atoms with Crippen LogP contribution in [-0.4, -0.2) is 47.3 Å². The van der Waals surface area contributed by atoms with Crippen molar-refractivity contribution >= 4 is 23.7 Å². The second-order valence-corrected chi connectivity index (χ2v) is 6.38. The van der Waals surface area contributed by atoms with Crippen LogP contribution in [0, 0.1) is 0 Å². The number of nitrogens with zero attached hydrogens (tertiary/aromatic N) is 3. The van der Waals surface area contributed by atoms with E-state index in [0.717, 1.165) is 10.5 Å². The van der Waals surface area contributed by atoms with Crippen molar-refractivity contribution in [2.45, 2.75) is 17.9 Å². The average molecular weight is 360 g/mol. The number of allylic oxidation sites excluding steroid dienone is 1. The zero-order valence-corrected chi connectivity index (χ0v) is 15.2. The zero-order chi connectivity index (χ0) is 17.8. The number of benzene rings is 1. The van der Waals surface area contributed by atoms with Crippen LogP contribution in [0.2, 0.25) is 0 Å². The molecule has 25 heavy (non-hydrogen) atoms. The molecule has 1 N–H and O–H groups in total. The monoisotopic (exact) mass is 360 g/mol. The minimum Gasteiger partial charge on any atom is -0.460 e. The maximum atomic E-state index is 12.7. The van der Waals surface area contributed by atoms with Gasteiger partial charge in [-0.15, -0.1) is 11.8 Å². The highest BCUT2D eigenvalue weighted by Gasteiger charge is 2.34. The molecule has 2 heterocycles. The molecule has 0 unspecified atom stereocenters. The first kappa shape index (κ1) is 17.5. The smallest absolute Gasteiger partial charge is 0.338 e. The maximum absolute atomic E-state index is 12.7. The van der Waals surface area contributed by atoms with Crippen molar-refractivity contribution in [2.75, 3.05) is 31.9 Å². The topological polar surface area (TPSA) is 78.3 Å². The summed E-state index contributed by atoms with van der Waals surface area (Å²) >= 11 is 1.67. The Morgan fingerprint density at radius 1 is 1.32 bits per heavy atom. The van der Waals surface area contributed by atoms with E-state index >= 15 is 0 Å². The van der Waals surface area contributed by atoms with Gasteiger partial charge in [-0.3, -0.25) is 0 Å². The molecule has 0 bridgehead atoms. The predicted octanol–water partition coefficient (Wildman–Crippen LogP) is 2.48. The number of thioether (sulfide) groups is 1. The van der Waals surface area contributed by atoms with Gasteiger partial charge in [0.05, 0.1) is 12.2 Å². The molecule has 0 fully saturated rings. The van der Waals surface area contributed by atoms with E-state index in [4.69, 9.17) is 9.47 Å². The Labute approximate surface area is 150 Å². The number of carbonyl (C=O) groups is 1. The Hall–Kier alpha value is -2.32. The van der Waals surface area contributed by atoms with E-state index in [2.05, 4.69) is 15.4 Å². The number of ether oxygens (including phenoxy) is 2. The Balaban J connectivity index is 1.99. The normalized spacial score (nSPS) is 16.4. The first-order chi connectivity index (χ1) is 12.2. The molecule has 3 rings (SSSR count). The SMILES string of the molecule is COCCOC(=O)C1=C(C)Nc2ncnn2[C@H]1c1ccc(SC)cc1. The number of aromatic nitrogens is 3. The average Bonchev–Trinajstić information content (AvgIpc) is 3.08. The van der Waals surface area contributed by atoms with Gasteiger partial charge >= 0.3 is 5.97 Å². The van der Waals surface area contributed by atoms with Gasteiger partial charge in [-0.05, 0) is 30.9 Å². The molecule has 1 atom stereocenters. The molecule has 0 spiro atoms. The van der Waals surface area contributed by atoms with E-state index in [1.165, 1.54) is 6.33 Å². The van der Waals surface area contributed by atoms with E-state index in [1.54, 1.807) is 23.6 Å². The van der Waals surface area contributed by atoms with Gasteiger partial charge in [0.1, 0.15) is 19.0 Å². The van der Waals surface area contributed by atoms with Crippen molar-refractivity contribution in [1.82, 2.24) is 14.8 Å². The number of esters is 1. The zero-order valence-electron chi connectivity index (χ0n) is 14.4. The van der Waals surface area contributed by atoms with Crippen LogP contribution < -0.4 is 5.32 Å². The minimum atomic E-state index is -0.387. The van der Waals surface area contributed by atoms with Gasteiger partial charge in [-0.25, -0.2) is 9.48 Å². The fourth-order valence-corrected chi connectivity index (χ4v) is 3.15. The molecule has 0 saturated heterocycles. The van der Waals surface area contributed by atoms with E-state index < -0.39 is 0 Å². The lowest BCUT2D eigenvalue weighted by molar-refractivity contribution is -0.140. The van der Waals surface area contributed by atoms with E-state index in [9.17, 15) is 4.79 Å². The van der Waals surface area contributed by atoms with Gasteiger partial charge in [0.15, 0.2) is 0 Å². The summed E-state index contributed by atoms with van der Waals surface area (Å²) in [5, 5.41) is 7.41. The van der Waals surface area contributed by atoms with Crippen LogP contribution in [0.15, 0.2) is 46.8 Å².